The standard InChI is InChI=1S/C14H19NO3/c1-3-4-5-16-12-8-14-13(17-9-18-14)7-11(12)6-10(2)15/h3-4,7-8,10H,5-6,9,15H2,1-2H3/b4-3+. The Labute approximate surface area is 107 Å². The fourth-order valence-electron chi connectivity index (χ4n) is 1.84. The van der Waals surface area contributed by atoms with Crippen LogP contribution in [-0.4, -0.2) is 19.4 Å². The van der Waals surface area contributed by atoms with Crippen LogP contribution in [0.1, 0.15) is 19.4 Å². The van der Waals surface area contributed by atoms with E-state index in [9.17, 15) is 0 Å². The Hall–Kier alpha value is -1.68. The minimum absolute atomic E-state index is 0.0782. The summed E-state index contributed by atoms with van der Waals surface area (Å²) in [6, 6.07) is 3.91. The van der Waals surface area contributed by atoms with E-state index in [0.717, 1.165) is 29.2 Å². The third-order valence-corrected chi connectivity index (χ3v) is 2.67. The lowest BCUT2D eigenvalue weighted by molar-refractivity contribution is 0.174. The van der Waals surface area contributed by atoms with Crippen LogP contribution in [0.15, 0.2) is 24.3 Å². The van der Waals surface area contributed by atoms with Gasteiger partial charge >= 0.3 is 0 Å². The van der Waals surface area contributed by atoms with Crippen LogP contribution >= 0.6 is 0 Å². The maximum Gasteiger partial charge on any atom is 0.231 e. The average molecular weight is 249 g/mol. The summed E-state index contributed by atoms with van der Waals surface area (Å²) < 4.78 is 16.4. The van der Waals surface area contributed by atoms with Crippen molar-refractivity contribution in [1.82, 2.24) is 0 Å². The number of fused-ring (bicyclic) bond motifs is 1. The summed E-state index contributed by atoms with van der Waals surface area (Å²) in [5.74, 6) is 2.32. The quantitative estimate of drug-likeness (QED) is 0.813. The van der Waals surface area contributed by atoms with E-state index in [4.69, 9.17) is 19.9 Å². The minimum Gasteiger partial charge on any atom is -0.489 e. The third kappa shape index (κ3) is 2.96. The third-order valence-electron chi connectivity index (χ3n) is 2.67. The predicted molar refractivity (Wildman–Crippen MR) is 70.2 cm³/mol. The lowest BCUT2D eigenvalue weighted by atomic mass is 10.1. The summed E-state index contributed by atoms with van der Waals surface area (Å²) in [6.45, 7) is 4.75. The molecular formula is C14H19NO3. The van der Waals surface area contributed by atoms with Gasteiger partial charge in [-0.25, -0.2) is 0 Å². The highest BCUT2D eigenvalue weighted by Crippen LogP contribution is 2.38. The summed E-state index contributed by atoms with van der Waals surface area (Å²) in [7, 11) is 0. The molecule has 2 N–H and O–H groups in total. The van der Waals surface area contributed by atoms with Crippen molar-refractivity contribution in [2.24, 2.45) is 5.73 Å². The van der Waals surface area contributed by atoms with Crippen molar-refractivity contribution in [3.8, 4) is 17.2 Å². The first-order valence-electron chi connectivity index (χ1n) is 6.12. The van der Waals surface area contributed by atoms with E-state index in [1.807, 2.05) is 38.1 Å². The van der Waals surface area contributed by atoms with Crippen molar-refractivity contribution < 1.29 is 14.2 Å². The van der Waals surface area contributed by atoms with Crippen LogP contribution in [0.5, 0.6) is 17.2 Å². The monoisotopic (exact) mass is 249 g/mol. The van der Waals surface area contributed by atoms with E-state index >= 15 is 0 Å². The fourth-order valence-corrected chi connectivity index (χ4v) is 1.84. The highest BCUT2D eigenvalue weighted by atomic mass is 16.7. The molecule has 98 valence electrons. The van der Waals surface area contributed by atoms with Crippen molar-refractivity contribution >= 4 is 0 Å². The number of hydrogen-bond acceptors (Lipinski definition) is 4. The molecular weight excluding hydrogens is 230 g/mol. The van der Waals surface area contributed by atoms with Gasteiger partial charge in [0.05, 0.1) is 0 Å². The fraction of sp³-hybridized carbons (Fsp3) is 0.429. The molecule has 4 nitrogen and oxygen atoms in total. The molecule has 0 spiro atoms. The summed E-state index contributed by atoms with van der Waals surface area (Å²) in [4.78, 5) is 0. The first-order chi connectivity index (χ1) is 8.70. The second-order valence-corrected chi connectivity index (χ2v) is 4.37. The molecule has 4 heteroatoms. The van der Waals surface area contributed by atoms with E-state index in [1.54, 1.807) is 0 Å². The molecule has 1 unspecified atom stereocenters. The second-order valence-electron chi connectivity index (χ2n) is 4.37. The Morgan fingerprint density at radius 2 is 2.11 bits per heavy atom. The molecule has 1 heterocycles. The van der Waals surface area contributed by atoms with Crippen LogP contribution in [0.25, 0.3) is 0 Å². The molecule has 0 fully saturated rings. The summed E-state index contributed by atoms with van der Waals surface area (Å²) >= 11 is 0. The maximum absolute atomic E-state index is 5.85. The Morgan fingerprint density at radius 1 is 1.39 bits per heavy atom. The molecule has 0 bridgehead atoms. The van der Waals surface area contributed by atoms with Gasteiger partial charge in [-0.2, -0.15) is 0 Å². The van der Waals surface area contributed by atoms with Crippen LogP contribution in [0.2, 0.25) is 0 Å². The van der Waals surface area contributed by atoms with Crippen molar-refractivity contribution in [2.45, 2.75) is 26.3 Å². The first-order valence-corrected chi connectivity index (χ1v) is 6.12. The van der Waals surface area contributed by atoms with E-state index in [-0.39, 0.29) is 12.8 Å². The minimum atomic E-state index is 0.0782. The van der Waals surface area contributed by atoms with Gasteiger partial charge in [-0.1, -0.05) is 12.2 Å². The molecule has 0 amide bonds. The van der Waals surface area contributed by atoms with E-state index in [0.29, 0.717) is 6.61 Å². The zero-order valence-corrected chi connectivity index (χ0v) is 10.8. The van der Waals surface area contributed by atoms with Crippen molar-refractivity contribution in [3.05, 3.63) is 29.8 Å². The molecule has 1 aromatic carbocycles. The highest BCUT2D eigenvalue weighted by Gasteiger charge is 2.18. The number of ether oxygens (including phenoxy) is 3. The molecule has 1 atom stereocenters. The van der Waals surface area contributed by atoms with Crippen molar-refractivity contribution in [3.63, 3.8) is 0 Å². The first kappa shape index (κ1) is 12.8. The number of rotatable bonds is 5. The van der Waals surface area contributed by atoms with E-state index < -0.39 is 0 Å². The van der Waals surface area contributed by atoms with Gasteiger partial charge in [-0.05, 0) is 31.9 Å². The molecule has 1 aliphatic rings. The number of benzene rings is 1. The van der Waals surface area contributed by atoms with Crippen LogP contribution in [0.4, 0.5) is 0 Å². The Balaban J connectivity index is 2.23. The van der Waals surface area contributed by atoms with Gasteiger partial charge < -0.3 is 19.9 Å². The van der Waals surface area contributed by atoms with Gasteiger partial charge in [-0.3, -0.25) is 0 Å². The smallest absolute Gasteiger partial charge is 0.231 e. The van der Waals surface area contributed by atoms with E-state index in [2.05, 4.69) is 0 Å². The molecule has 0 saturated heterocycles. The molecule has 2 rings (SSSR count). The molecule has 1 aromatic rings. The van der Waals surface area contributed by atoms with Crippen LogP contribution in [0.3, 0.4) is 0 Å². The van der Waals surface area contributed by atoms with Gasteiger partial charge in [0.2, 0.25) is 6.79 Å². The highest BCUT2D eigenvalue weighted by molar-refractivity contribution is 5.52. The molecule has 18 heavy (non-hydrogen) atoms. The van der Waals surface area contributed by atoms with Gasteiger partial charge in [0, 0.05) is 12.1 Å². The predicted octanol–water partition coefficient (Wildman–Crippen LogP) is 2.26. The second kappa shape index (κ2) is 5.78. The zero-order chi connectivity index (χ0) is 13.0. The lowest BCUT2D eigenvalue weighted by Crippen LogP contribution is -2.18. The van der Waals surface area contributed by atoms with Gasteiger partial charge in [0.25, 0.3) is 0 Å². The summed E-state index contributed by atoms with van der Waals surface area (Å²) in [5, 5.41) is 0. The van der Waals surface area contributed by atoms with Gasteiger partial charge in [0.15, 0.2) is 11.5 Å². The molecule has 1 aliphatic heterocycles. The van der Waals surface area contributed by atoms with Gasteiger partial charge in [0.1, 0.15) is 12.4 Å². The summed E-state index contributed by atoms with van der Waals surface area (Å²) in [5.41, 5.74) is 6.91. The normalized spacial score (nSPS) is 15.1. The van der Waals surface area contributed by atoms with Gasteiger partial charge in [-0.15, -0.1) is 0 Å². The summed E-state index contributed by atoms with van der Waals surface area (Å²) in [6.07, 6.45) is 4.67. The average Bonchev–Trinajstić information content (AvgIpc) is 2.75. The van der Waals surface area contributed by atoms with Crippen LogP contribution in [0, 0.1) is 0 Å². The Morgan fingerprint density at radius 3 is 2.78 bits per heavy atom. The topological polar surface area (TPSA) is 53.7 Å². The Bertz CT molecular complexity index is 441. The van der Waals surface area contributed by atoms with E-state index in [1.165, 1.54) is 0 Å². The molecule has 0 radical (unpaired) electrons. The number of nitrogens with two attached hydrogens (primary N) is 1. The number of hydrogen-bond donors (Lipinski definition) is 1. The molecule has 0 saturated carbocycles. The van der Waals surface area contributed by atoms with Crippen LogP contribution in [-0.2, 0) is 6.42 Å². The van der Waals surface area contributed by atoms with Crippen LogP contribution < -0.4 is 19.9 Å². The molecule has 0 aromatic heterocycles. The lowest BCUT2D eigenvalue weighted by Gasteiger charge is -2.13. The maximum atomic E-state index is 5.85. The number of allylic oxidation sites excluding steroid dienone is 1. The molecule has 0 aliphatic carbocycles. The Kier molecular flexibility index (Phi) is 4.10. The SMILES string of the molecule is C/C=C/COc1cc2c(cc1CC(C)N)OCO2. The largest absolute Gasteiger partial charge is 0.489 e. The van der Waals surface area contributed by atoms with Crippen molar-refractivity contribution in [2.75, 3.05) is 13.4 Å². The van der Waals surface area contributed by atoms with Crippen molar-refractivity contribution in [1.29, 1.82) is 0 Å². The zero-order valence-electron chi connectivity index (χ0n) is 10.8.